The molecule has 0 aliphatic carbocycles. The van der Waals surface area contributed by atoms with Gasteiger partial charge in [0.1, 0.15) is 11.5 Å². The first-order chi connectivity index (χ1) is 13.4. The molecule has 0 unspecified atom stereocenters. The second kappa shape index (κ2) is 7.91. The van der Waals surface area contributed by atoms with E-state index in [0.717, 1.165) is 6.07 Å². The summed E-state index contributed by atoms with van der Waals surface area (Å²) in [5.41, 5.74) is -0.577. The number of hydrogen-bond acceptors (Lipinski definition) is 6. The zero-order valence-corrected chi connectivity index (χ0v) is 14.6. The van der Waals surface area contributed by atoms with E-state index >= 15 is 0 Å². The largest absolute Gasteiger partial charge is 0.417 e. The SMILES string of the molecule is CNc1ccc(Nc2ncc(C(F)(F)F)cc2NC(=O)c2ccccn2)cn1. The smallest absolute Gasteiger partial charge is 0.373 e. The number of amides is 1. The summed E-state index contributed by atoms with van der Waals surface area (Å²) < 4.78 is 39.2. The Kier molecular flexibility index (Phi) is 5.39. The lowest BCUT2D eigenvalue weighted by molar-refractivity contribution is -0.137. The third-order valence-electron chi connectivity index (χ3n) is 3.64. The van der Waals surface area contributed by atoms with Gasteiger partial charge in [-0.15, -0.1) is 0 Å². The lowest BCUT2D eigenvalue weighted by atomic mass is 10.2. The van der Waals surface area contributed by atoms with E-state index in [9.17, 15) is 18.0 Å². The van der Waals surface area contributed by atoms with Crippen LogP contribution in [-0.4, -0.2) is 27.9 Å². The molecule has 0 spiro atoms. The van der Waals surface area contributed by atoms with Gasteiger partial charge in [-0.25, -0.2) is 9.97 Å². The van der Waals surface area contributed by atoms with Crippen molar-refractivity contribution in [3.63, 3.8) is 0 Å². The van der Waals surface area contributed by atoms with Crippen LogP contribution in [0, 0.1) is 0 Å². The van der Waals surface area contributed by atoms with Crippen molar-refractivity contribution in [3.8, 4) is 0 Å². The number of alkyl halides is 3. The van der Waals surface area contributed by atoms with E-state index in [2.05, 4.69) is 30.9 Å². The highest BCUT2D eigenvalue weighted by Gasteiger charge is 2.32. The molecular formula is C18H15F3N6O. The first kappa shape index (κ1) is 19.1. The summed E-state index contributed by atoms with van der Waals surface area (Å²) in [7, 11) is 1.71. The summed E-state index contributed by atoms with van der Waals surface area (Å²) >= 11 is 0. The lowest BCUT2D eigenvalue weighted by Gasteiger charge is -2.15. The normalized spacial score (nSPS) is 11.0. The summed E-state index contributed by atoms with van der Waals surface area (Å²) in [4.78, 5) is 24.1. The number of carbonyl (C=O) groups excluding carboxylic acids is 1. The summed E-state index contributed by atoms with van der Waals surface area (Å²) in [6.45, 7) is 0. The van der Waals surface area contributed by atoms with Gasteiger partial charge in [0.05, 0.1) is 23.1 Å². The molecule has 0 saturated heterocycles. The second-order valence-corrected chi connectivity index (χ2v) is 5.59. The minimum atomic E-state index is -4.61. The zero-order valence-electron chi connectivity index (χ0n) is 14.6. The molecule has 0 fully saturated rings. The fourth-order valence-electron chi connectivity index (χ4n) is 2.25. The number of nitrogens with zero attached hydrogens (tertiary/aromatic N) is 3. The second-order valence-electron chi connectivity index (χ2n) is 5.59. The molecule has 3 heterocycles. The highest BCUT2D eigenvalue weighted by Crippen LogP contribution is 2.33. The van der Waals surface area contributed by atoms with E-state index in [1.807, 2.05) is 0 Å². The topological polar surface area (TPSA) is 91.8 Å². The van der Waals surface area contributed by atoms with Crippen LogP contribution >= 0.6 is 0 Å². The van der Waals surface area contributed by atoms with Crippen molar-refractivity contribution < 1.29 is 18.0 Å². The van der Waals surface area contributed by atoms with Crippen LogP contribution in [0.2, 0.25) is 0 Å². The van der Waals surface area contributed by atoms with Crippen molar-refractivity contribution in [2.45, 2.75) is 6.18 Å². The maximum atomic E-state index is 13.1. The molecule has 144 valence electrons. The first-order valence-electron chi connectivity index (χ1n) is 8.07. The fraction of sp³-hybridized carbons (Fsp3) is 0.111. The highest BCUT2D eigenvalue weighted by molar-refractivity contribution is 6.04. The van der Waals surface area contributed by atoms with Crippen LogP contribution in [0.4, 0.5) is 36.2 Å². The molecule has 3 rings (SSSR count). The standard InChI is InChI=1S/C18H15F3N6O/c1-22-15-6-5-12(10-24-15)26-16-14(8-11(9-25-16)18(19,20)21)27-17(28)13-4-2-3-7-23-13/h2-10H,1H3,(H,22,24)(H,25,26)(H,27,28). The first-order valence-corrected chi connectivity index (χ1v) is 8.07. The molecule has 7 nitrogen and oxygen atoms in total. The number of rotatable bonds is 5. The Labute approximate surface area is 158 Å². The predicted molar refractivity (Wildman–Crippen MR) is 98.5 cm³/mol. The number of nitrogens with one attached hydrogen (secondary N) is 3. The average Bonchev–Trinajstić information content (AvgIpc) is 2.69. The van der Waals surface area contributed by atoms with Crippen LogP contribution in [0.3, 0.4) is 0 Å². The van der Waals surface area contributed by atoms with Crippen LogP contribution in [0.1, 0.15) is 16.1 Å². The van der Waals surface area contributed by atoms with Gasteiger partial charge in [0.25, 0.3) is 5.91 Å². The molecule has 0 aliphatic rings. The Morgan fingerprint density at radius 1 is 1.04 bits per heavy atom. The minimum absolute atomic E-state index is 0.0382. The van der Waals surface area contributed by atoms with Gasteiger partial charge in [-0.1, -0.05) is 6.07 Å². The van der Waals surface area contributed by atoms with E-state index in [4.69, 9.17) is 0 Å². The Bertz CT molecular complexity index is 961. The van der Waals surface area contributed by atoms with Gasteiger partial charge in [0, 0.05) is 19.4 Å². The monoisotopic (exact) mass is 388 g/mol. The molecule has 10 heteroatoms. The maximum Gasteiger partial charge on any atom is 0.417 e. The van der Waals surface area contributed by atoms with Gasteiger partial charge >= 0.3 is 6.18 Å². The quantitative estimate of drug-likeness (QED) is 0.614. The van der Waals surface area contributed by atoms with Gasteiger partial charge in [-0.2, -0.15) is 13.2 Å². The van der Waals surface area contributed by atoms with Crippen molar-refractivity contribution >= 4 is 28.9 Å². The van der Waals surface area contributed by atoms with Crippen LogP contribution < -0.4 is 16.0 Å². The summed E-state index contributed by atoms with van der Waals surface area (Å²) in [5.74, 6) is -0.000624. The van der Waals surface area contributed by atoms with Crippen LogP contribution in [-0.2, 0) is 6.18 Å². The molecule has 3 aromatic heterocycles. The van der Waals surface area contributed by atoms with Gasteiger partial charge in [-0.3, -0.25) is 9.78 Å². The van der Waals surface area contributed by atoms with Gasteiger partial charge < -0.3 is 16.0 Å². The maximum absolute atomic E-state index is 13.1. The molecule has 28 heavy (non-hydrogen) atoms. The van der Waals surface area contributed by atoms with E-state index < -0.39 is 17.6 Å². The number of hydrogen-bond donors (Lipinski definition) is 3. The lowest BCUT2D eigenvalue weighted by Crippen LogP contribution is -2.16. The Balaban J connectivity index is 1.92. The Hall–Kier alpha value is -3.69. The fourth-order valence-corrected chi connectivity index (χ4v) is 2.25. The molecule has 0 aliphatic heterocycles. The van der Waals surface area contributed by atoms with E-state index in [0.29, 0.717) is 17.7 Å². The van der Waals surface area contributed by atoms with E-state index in [-0.39, 0.29) is 17.2 Å². The Morgan fingerprint density at radius 2 is 1.86 bits per heavy atom. The van der Waals surface area contributed by atoms with Gasteiger partial charge in [0.2, 0.25) is 0 Å². The summed E-state index contributed by atoms with van der Waals surface area (Å²) in [5, 5.41) is 8.13. The number of anilines is 4. The van der Waals surface area contributed by atoms with E-state index in [1.54, 1.807) is 31.3 Å². The van der Waals surface area contributed by atoms with Crippen molar-refractivity contribution in [2.75, 3.05) is 23.0 Å². The van der Waals surface area contributed by atoms with Crippen LogP contribution in [0.15, 0.2) is 55.0 Å². The molecule has 1 amide bonds. The average molecular weight is 388 g/mol. The van der Waals surface area contributed by atoms with Crippen molar-refractivity contribution in [2.24, 2.45) is 0 Å². The molecule has 3 aromatic rings. The molecule has 0 atom stereocenters. The number of pyridine rings is 3. The predicted octanol–water partition coefficient (Wildman–Crippen LogP) is 3.93. The minimum Gasteiger partial charge on any atom is -0.373 e. The van der Waals surface area contributed by atoms with Crippen molar-refractivity contribution in [1.82, 2.24) is 15.0 Å². The van der Waals surface area contributed by atoms with Crippen LogP contribution in [0.25, 0.3) is 0 Å². The van der Waals surface area contributed by atoms with Gasteiger partial charge in [0.15, 0.2) is 5.82 Å². The summed E-state index contributed by atoms with van der Waals surface area (Å²) in [6.07, 6.45) is -1.02. The molecule has 0 bridgehead atoms. The molecular weight excluding hydrogens is 373 g/mol. The highest BCUT2D eigenvalue weighted by atomic mass is 19.4. The third-order valence-corrected chi connectivity index (χ3v) is 3.64. The molecule has 3 N–H and O–H groups in total. The van der Waals surface area contributed by atoms with Gasteiger partial charge in [-0.05, 0) is 30.3 Å². The molecule has 0 radical (unpaired) electrons. The summed E-state index contributed by atoms with van der Waals surface area (Å²) in [6, 6.07) is 8.83. The number of carbonyl (C=O) groups is 1. The molecule has 0 aromatic carbocycles. The number of halogens is 3. The molecule has 0 saturated carbocycles. The third kappa shape index (κ3) is 4.53. The van der Waals surface area contributed by atoms with Crippen molar-refractivity contribution in [3.05, 3.63) is 66.2 Å². The van der Waals surface area contributed by atoms with Crippen molar-refractivity contribution in [1.29, 1.82) is 0 Å². The van der Waals surface area contributed by atoms with E-state index in [1.165, 1.54) is 18.5 Å². The zero-order chi connectivity index (χ0) is 20.1. The Morgan fingerprint density at radius 3 is 2.46 bits per heavy atom. The van der Waals surface area contributed by atoms with Crippen LogP contribution in [0.5, 0.6) is 0 Å². The number of aromatic nitrogens is 3.